The molecule has 2 heterocycles. The molecule has 1 aliphatic carbocycles. The van der Waals surface area contributed by atoms with E-state index in [1.54, 1.807) is 12.1 Å². The first-order chi connectivity index (χ1) is 12.2. The fraction of sp³-hybridized carbons (Fsp3) is 0.600. The standard InChI is InChI=1S/C20H27N3O2/c24-19-17-8-3-4-9-18(17)20(25)23(19)11-5-10-21-12-14-22(15-13-21)16-6-1-2-7-16/h3-4,8-9,16H,1-2,5-7,10-15H2. The van der Waals surface area contributed by atoms with Crippen LogP contribution in [0.25, 0.3) is 0 Å². The Balaban J connectivity index is 1.23. The van der Waals surface area contributed by atoms with Gasteiger partial charge in [0.25, 0.3) is 11.8 Å². The SMILES string of the molecule is O=C1c2ccccc2C(=O)N1CCCN1CCN(C2CCCC2)CC1. The number of imide groups is 1. The van der Waals surface area contributed by atoms with Crippen LogP contribution in [0.15, 0.2) is 24.3 Å². The van der Waals surface area contributed by atoms with Crippen molar-refractivity contribution in [3.05, 3.63) is 35.4 Å². The fourth-order valence-corrected chi connectivity index (χ4v) is 4.52. The lowest BCUT2D eigenvalue weighted by Gasteiger charge is -2.38. The Morgan fingerprint density at radius 3 is 2.04 bits per heavy atom. The topological polar surface area (TPSA) is 43.9 Å². The molecular formula is C20H27N3O2. The van der Waals surface area contributed by atoms with Gasteiger partial charge in [0.2, 0.25) is 0 Å². The molecule has 0 aromatic heterocycles. The predicted molar refractivity (Wildman–Crippen MR) is 96.7 cm³/mol. The van der Waals surface area contributed by atoms with Crippen LogP contribution < -0.4 is 0 Å². The van der Waals surface area contributed by atoms with Gasteiger partial charge in [-0.15, -0.1) is 0 Å². The smallest absolute Gasteiger partial charge is 0.261 e. The highest BCUT2D eigenvalue weighted by Crippen LogP contribution is 2.25. The number of nitrogens with zero attached hydrogens (tertiary/aromatic N) is 3. The van der Waals surface area contributed by atoms with Gasteiger partial charge in [-0.2, -0.15) is 0 Å². The van der Waals surface area contributed by atoms with Crippen molar-refractivity contribution in [3.63, 3.8) is 0 Å². The van der Waals surface area contributed by atoms with Crippen LogP contribution in [0.3, 0.4) is 0 Å². The molecule has 2 amide bonds. The summed E-state index contributed by atoms with van der Waals surface area (Å²) in [6.45, 7) is 6.04. The molecule has 25 heavy (non-hydrogen) atoms. The summed E-state index contributed by atoms with van der Waals surface area (Å²) in [5.74, 6) is -0.265. The minimum Gasteiger partial charge on any atom is -0.301 e. The summed E-state index contributed by atoms with van der Waals surface area (Å²) in [4.78, 5) is 31.3. The van der Waals surface area contributed by atoms with Gasteiger partial charge in [-0.05, 0) is 37.9 Å². The minimum atomic E-state index is -0.133. The van der Waals surface area contributed by atoms with Gasteiger partial charge < -0.3 is 4.90 Å². The molecule has 0 radical (unpaired) electrons. The zero-order chi connectivity index (χ0) is 17.2. The van der Waals surface area contributed by atoms with Crippen LogP contribution in [-0.4, -0.2) is 71.8 Å². The lowest BCUT2D eigenvalue weighted by Crippen LogP contribution is -2.50. The average molecular weight is 341 g/mol. The van der Waals surface area contributed by atoms with Gasteiger partial charge in [-0.1, -0.05) is 25.0 Å². The number of fused-ring (bicyclic) bond motifs is 1. The lowest BCUT2D eigenvalue weighted by atomic mass is 10.1. The summed E-state index contributed by atoms with van der Waals surface area (Å²) < 4.78 is 0. The summed E-state index contributed by atoms with van der Waals surface area (Å²) in [5, 5.41) is 0. The normalized spacial score (nSPS) is 22.8. The summed E-state index contributed by atoms with van der Waals surface area (Å²) in [5.41, 5.74) is 1.11. The molecule has 1 saturated heterocycles. The first-order valence-corrected chi connectivity index (χ1v) is 9.65. The highest BCUT2D eigenvalue weighted by Gasteiger charge is 2.34. The number of hydrogen-bond donors (Lipinski definition) is 0. The van der Waals surface area contributed by atoms with Gasteiger partial charge in [0.1, 0.15) is 0 Å². The Labute approximate surface area is 149 Å². The highest BCUT2D eigenvalue weighted by atomic mass is 16.2. The van der Waals surface area contributed by atoms with Crippen molar-refractivity contribution >= 4 is 11.8 Å². The molecule has 0 bridgehead atoms. The zero-order valence-corrected chi connectivity index (χ0v) is 14.8. The zero-order valence-electron chi connectivity index (χ0n) is 14.8. The van der Waals surface area contributed by atoms with E-state index in [0.717, 1.165) is 45.2 Å². The van der Waals surface area contributed by atoms with Crippen LogP contribution in [-0.2, 0) is 0 Å². The molecule has 1 aromatic rings. The monoisotopic (exact) mass is 341 g/mol. The van der Waals surface area contributed by atoms with Gasteiger partial charge in [-0.25, -0.2) is 0 Å². The second-order valence-electron chi connectivity index (χ2n) is 7.48. The quantitative estimate of drug-likeness (QED) is 0.771. The number of carbonyl (C=O) groups excluding carboxylic acids is 2. The third-order valence-corrected chi connectivity index (χ3v) is 5.98. The Morgan fingerprint density at radius 1 is 0.840 bits per heavy atom. The number of rotatable bonds is 5. The van der Waals surface area contributed by atoms with E-state index in [4.69, 9.17) is 0 Å². The van der Waals surface area contributed by atoms with E-state index in [0.29, 0.717) is 17.7 Å². The van der Waals surface area contributed by atoms with Crippen LogP contribution in [0.1, 0.15) is 52.8 Å². The van der Waals surface area contributed by atoms with Gasteiger partial charge in [0, 0.05) is 38.8 Å². The molecule has 1 saturated carbocycles. The number of carbonyl (C=O) groups is 2. The third-order valence-electron chi connectivity index (χ3n) is 5.98. The van der Waals surface area contributed by atoms with E-state index >= 15 is 0 Å². The highest BCUT2D eigenvalue weighted by molar-refractivity contribution is 6.21. The molecule has 0 atom stereocenters. The molecule has 0 spiro atoms. The lowest BCUT2D eigenvalue weighted by molar-refractivity contribution is 0.0633. The van der Waals surface area contributed by atoms with Gasteiger partial charge >= 0.3 is 0 Å². The Kier molecular flexibility index (Phi) is 4.86. The van der Waals surface area contributed by atoms with E-state index in [2.05, 4.69) is 9.80 Å². The van der Waals surface area contributed by atoms with Gasteiger partial charge in [0.15, 0.2) is 0 Å². The van der Waals surface area contributed by atoms with Crippen molar-refractivity contribution in [1.29, 1.82) is 0 Å². The molecule has 5 heteroatoms. The second-order valence-corrected chi connectivity index (χ2v) is 7.48. The van der Waals surface area contributed by atoms with Crippen LogP contribution >= 0.6 is 0 Å². The second kappa shape index (κ2) is 7.26. The van der Waals surface area contributed by atoms with Crippen molar-refractivity contribution in [3.8, 4) is 0 Å². The maximum atomic E-state index is 12.4. The number of piperazine rings is 1. The van der Waals surface area contributed by atoms with Crippen LogP contribution in [0, 0.1) is 0 Å². The first-order valence-electron chi connectivity index (χ1n) is 9.65. The maximum absolute atomic E-state index is 12.4. The molecular weight excluding hydrogens is 314 g/mol. The largest absolute Gasteiger partial charge is 0.301 e. The molecule has 4 rings (SSSR count). The number of benzene rings is 1. The van der Waals surface area contributed by atoms with E-state index < -0.39 is 0 Å². The van der Waals surface area contributed by atoms with Crippen molar-refractivity contribution in [2.75, 3.05) is 39.3 Å². The Hall–Kier alpha value is -1.72. The summed E-state index contributed by atoms with van der Waals surface area (Å²) in [6.07, 6.45) is 6.39. The van der Waals surface area contributed by atoms with E-state index in [-0.39, 0.29) is 11.8 Å². The van der Waals surface area contributed by atoms with Gasteiger partial charge in [-0.3, -0.25) is 19.4 Å². The van der Waals surface area contributed by atoms with Crippen molar-refractivity contribution in [2.24, 2.45) is 0 Å². The van der Waals surface area contributed by atoms with Crippen molar-refractivity contribution in [1.82, 2.24) is 14.7 Å². The molecule has 0 N–H and O–H groups in total. The van der Waals surface area contributed by atoms with Gasteiger partial charge in [0.05, 0.1) is 11.1 Å². The van der Waals surface area contributed by atoms with E-state index in [1.807, 2.05) is 12.1 Å². The maximum Gasteiger partial charge on any atom is 0.261 e. The summed E-state index contributed by atoms with van der Waals surface area (Å²) in [7, 11) is 0. The van der Waals surface area contributed by atoms with Crippen molar-refractivity contribution < 1.29 is 9.59 Å². The van der Waals surface area contributed by atoms with Crippen molar-refractivity contribution in [2.45, 2.75) is 38.1 Å². The van der Waals surface area contributed by atoms with E-state index in [9.17, 15) is 9.59 Å². The summed E-state index contributed by atoms with van der Waals surface area (Å²) in [6, 6.07) is 7.95. The Bertz CT molecular complexity index is 611. The third kappa shape index (κ3) is 3.35. The van der Waals surface area contributed by atoms with E-state index in [1.165, 1.54) is 30.6 Å². The molecule has 2 aliphatic heterocycles. The summed E-state index contributed by atoms with van der Waals surface area (Å²) >= 11 is 0. The minimum absolute atomic E-state index is 0.133. The van der Waals surface area contributed by atoms with Crippen LogP contribution in [0.5, 0.6) is 0 Å². The molecule has 0 unspecified atom stereocenters. The molecule has 2 fully saturated rings. The van der Waals surface area contributed by atoms with Crippen LogP contribution in [0.4, 0.5) is 0 Å². The predicted octanol–water partition coefficient (Wildman–Crippen LogP) is 2.23. The number of amides is 2. The molecule has 3 aliphatic rings. The Morgan fingerprint density at radius 2 is 1.44 bits per heavy atom. The average Bonchev–Trinajstić information content (AvgIpc) is 3.26. The molecule has 134 valence electrons. The fourth-order valence-electron chi connectivity index (χ4n) is 4.52. The number of hydrogen-bond acceptors (Lipinski definition) is 4. The van der Waals surface area contributed by atoms with Crippen LogP contribution in [0.2, 0.25) is 0 Å². The first kappa shape index (κ1) is 16.7. The molecule has 1 aromatic carbocycles. The molecule has 5 nitrogen and oxygen atoms in total.